The first kappa shape index (κ1) is 21.3. The first-order valence-electron chi connectivity index (χ1n) is 10.4. The van der Waals surface area contributed by atoms with Crippen LogP contribution in [0.1, 0.15) is 10.4 Å². The molecule has 9 heteroatoms. The summed E-state index contributed by atoms with van der Waals surface area (Å²) in [5.41, 5.74) is -0.128. The number of rotatable bonds is 4. The third kappa shape index (κ3) is 4.02. The number of nitrogens with zero attached hydrogens (tertiary/aromatic N) is 1. The van der Waals surface area contributed by atoms with Crippen molar-refractivity contribution in [2.45, 2.75) is 4.90 Å². The number of nitrogens with one attached hydrogen (secondary N) is 1. The normalized spacial score (nSPS) is 15.0. The fourth-order valence-corrected chi connectivity index (χ4v) is 5.28. The third-order valence-corrected chi connectivity index (χ3v) is 7.52. The first-order chi connectivity index (χ1) is 15.9. The Balaban J connectivity index is 1.42. The topological polar surface area (TPSA) is 106 Å². The van der Waals surface area contributed by atoms with E-state index in [1.54, 1.807) is 6.07 Å². The van der Waals surface area contributed by atoms with Crippen LogP contribution in [0.3, 0.4) is 0 Å². The van der Waals surface area contributed by atoms with Gasteiger partial charge in [-0.15, -0.1) is 0 Å². The number of amides is 1. The van der Waals surface area contributed by atoms with Crippen LogP contribution in [-0.2, 0) is 14.8 Å². The van der Waals surface area contributed by atoms with Crippen molar-refractivity contribution in [3.8, 4) is 0 Å². The smallest absolute Gasteiger partial charge is 0.349 e. The van der Waals surface area contributed by atoms with E-state index >= 15 is 0 Å². The molecule has 0 bridgehead atoms. The average molecular weight is 464 g/mol. The molecule has 1 aromatic heterocycles. The Labute approximate surface area is 189 Å². The maximum atomic E-state index is 12.8. The third-order valence-electron chi connectivity index (χ3n) is 5.61. The van der Waals surface area contributed by atoms with Gasteiger partial charge < -0.3 is 14.5 Å². The lowest BCUT2D eigenvalue weighted by Crippen LogP contribution is -2.40. The second-order valence-electron chi connectivity index (χ2n) is 7.64. The molecule has 0 spiro atoms. The molecule has 168 valence electrons. The average Bonchev–Trinajstić information content (AvgIpc) is 2.84. The van der Waals surface area contributed by atoms with Gasteiger partial charge in [-0.05, 0) is 47.2 Å². The van der Waals surface area contributed by atoms with Crippen molar-refractivity contribution >= 4 is 43.4 Å². The molecule has 33 heavy (non-hydrogen) atoms. The van der Waals surface area contributed by atoms with Crippen molar-refractivity contribution in [2.75, 3.05) is 31.6 Å². The summed E-state index contributed by atoms with van der Waals surface area (Å²) in [5, 5.41) is 5.13. The summed E-state index contributed by atoms with van der Waals surface area (Å²) in [6, 6.07) is 18.5. The molecule has 1 amide bonds. The number of carbonyl (C=O) groups excluding carboxylic acids is 1. The van der Waals surface area contributed by atoms with E-state index in [0.717, 1.165) is 10.8 Å². The fourth-order valence-electron chi connectivity index (χ4n) is 3.87. The van der Waals surface area contributed by atoms with Gasteiger partial charge in [-0.25, -0.2) is 13.2 Å². The molecule has 4 aromatic rings. The number of fused-ring (bicyclic) bond motifs is 3. The van der Waals surface area contributed by atoms with E-state index in [9.17, 15) is 18.0 Å². The van der Waals surface area contributed by atoms with E-state index in [4.69, 9.17) is 9.15 Å². The minimum absolute atomic E-state index is 0.124. The van der Waals surface area contributed by atoms with E-state index in [-0.39, 0.29) is 10.5 Å². The van der Waals surface area contributed by atoms with Crippen LogP contribution in [0.15, 0.2) is 80.8 Å². The summed E-state index contributed by atoms with van der Waals surface area (Å²) in [5.74, 6) is -0.637. The molecule has 1 saturated heterocycles. The highest BCUT2D eigenvalue weighted by atomic mass is 32.2. The van der Waals surface area contributed by atoms with Crippen molar-refractivity contribution in [3.05, 3.63) is 82.7 Å². The van der Waals surface area contributed by atoms with Gasteiger partial charge in [-0.3, -0.25) is 4.79 Å². The van der Waals surface area contributed by atoms with Gasteiger partial charge in [0.05, 0.1) is 18.1 Å². The van der Waals surface area contributed by atoms with Gasteiger partial charge in [0.25, 0.3) is 5.91 Å². The van der Waals surface area contributed by atoms with Crippen LogP contribution in [0, 0.1) is 0 Å². The highest BCUT2D eigenvalue weighted by Crippen LogP contribution is 2.25. The van der Waals surface area contributed by atoms with Crippen LogP contribution in [0.4, 0.5) is 5.69 Å². The molecule has 2 heterocycles. The summed E-state index contributed by atoms with van der Waals surface area (Å²) >= 11 is 0. The lowest BCUT2D eigenvalue weighted by Gasteiger charge is -2.26. The predicted octanol–water partition coefficient (Wildman–Crippen LogP) is 3.22. The van der Waals surface area contributed by atoms with Gasteiger partial charge in [-0.1, -0.05) is 30.3 Å². The summed E-state index contributed by atoms with van der Waals surface area (Å²) in [6.07, 6.45) is 0. The molecule has 3 aromatic carbocycles. The molecule has 0 aliphatic carbocycles. The zero-order valence-electron chi connectivity index (χ0n) is 17.5. The molecular weight excluding hydrogens is 444 g/mol. The van der Waals surface area contributed by atoms with Gasteiger partial charge in [0, 0.05) is 24.2 Å². The van der Waals surface area contributed by atoms with Crippen molar-refractivity contribution in [1.82, 2.24) is 4.31 Å². The van der Waals surface area contributed by atoms with Gasteiger partial charge in [0.15, 0.2) is 0 Å². The highest BCUT2D eigenvalue weighted by Gasteiger charge is 2.26. The molecule has 0 atom stereocenters. The maximum Gasteiger partial charge on any atom is 0.349 e. The first-order valence-corrected chi connectivity index (χ1v) is 11.8. The minimum Gasteiger partial charge on any atom is -0.422 e. The number of sulfonamides is 1. The summed E-state index contributed by atoms with van der Waals surface area (Å²) < 4.78 is 37.5. The molecule has 8 nitrogen and oxygen atoms in total. The molecule has 1 aliphatic rings. The quantitative estimate of drug-likeness (QED) is 0.367. The Morgan fingerprint density at radius 1 is 0.909 bits per heavy atom. The van der Waals surface area contributed by atoms with Crippen LogP contribution in [0.2, 0.25) is 0 Å². The number of carbonyl (C=O) groups is 1. The van der Waals surface area contributed by atoms with E-state index < -0.39 is 21.6 Å². The van der Waals surface area contributed by atoms with Crippen LogP contribution in [0.25, 0.3) is 21.7 Å². The van der Waals surface area contributed by atoms with E-state index in [1.807, 2.05) is 30.3 Å². The summed E-state index contributed by atoms with van der Waals surface area (Å²) in [4.78, 5) is 25.4. The molecular formula is C24H20N2O6S. The molecule has 0 unspecified atom stereocenters. The summed E-state index contributed by atoms with van der Waals surface area (Å²) in [6.45, 7) is 1.31. The highest BCUT2D eigenvalue weighted by molar-refractivity contribution is 7.89. The fraction of sp³-hybridized carbons (Fsp3) is 0.167. The molecule has 5 rings (SSSR count). The van der Waals surface area contributed by atoms with Gasteiger partial charge in [0.1, 0.15) is 11.1 Å². The SMILES string of the molecule is O=C(Nc1ccc(S(=O)(=O)N2CCOCC2)cc1)c1cc2c(ccc3ccccc32)oc1=O. The molecule has 0 saturated carbocycles. The second kappa shape index (κ2) is 8.43. The Morgan fingerprint density at radius 2 is 1.64 bits per heavy atom. The van der Waals surface area contributed by atoms with E-state index in [1.165, 1.54) is 34.6 Å². The second-order valence-corrected chi connectivity index (χ2v) is 9.58. The molecule has 1 aliphatic heterocycles. The predicted molar refractivity (Wildman–Crippen MR) is 124 cm³/mol. The van der Waals surface area contributed by atoms with Gasteiger partial charge >= 0.3 is 5.63 Å². The van der Waals surface area contributed by atoms with Gasteiger partial charge in [-0.2, -0.15) is 4.31 Å². The Bertz CT molecular complexity index is 1520. The van der Waals surface area contributed by atoms with Crippen molar-refractivity contribution in [2.24, 2.45) is 0 Å². The number of ether oxygens (including phenoxy) is 1. The van der Waals surface area contributed by atoms with Crippen LogP contribution < -0.4 is 10.9 Å². The standard InChI is InChI=1S/C24H20N2O6S/c27-23(21-15-20-19-4-2-1-3-16(19)5-10-22(20)32-24(21)28)25-17-6-8-18(9-7-17)33(29,30)26-11-13-31-14-12-26/h1-10,15H,11-14H2,(H,25,27). The largest absolute Gasteiger partial charge is 0.422 e. The molecule has 0 radical (unpaired) electrons. The number of benzene rings is 3. The van der Waals surface area contributed by atoms with Crippen LogP contribution >= 0.6 is 0 Å². The Hall–Kier alpha value is -3.53. The van der Waals surface area contributed by atoms with Gasteiger partial charge in [0.2, 0.25) is 10.0 Å². The minimum atomic E-state index is -3.64. The zero-order valence-corrected chi connectivity index (χ0v) is 18.3. The molecule has 1 N–H and O–H groups in total. The molecule has 1 fully saturated rings. The van der Waals surface area contributed by atoms with Crippen molar-refractivity contribution in [3.63, 3.8) is 0 Å². The number of morpholine rings is 1. The number of hydrogen-bond acceptors (Lipinski definition) is 6. The lowest BCUT2D eigenvalue weighted by atomic mass is 10.0. The van der Waals surface area contributed by atoms with Crippen LogP contribution in [-0.4, -0.2) is 44.9 Å². The Morgan fingerprint density at radius 3 is 2.39 bits per heavy atom. The van der Waals surface area contributed by atoms with Crippen molar-refractivity contribution < 1.29 is 22.4 Å². The monoisotopic (exact) mass is 464 g/mol. The van der Waals surface area contributed by atoms with Crippen LogP contribution in [0.5, 0.6) is 0 Å². The van der Waals surface area contributed by atoms with E-state index in [0.29, 0.717) is 43.0 Å². The van der Waals surface area contributed by atoms with E-state index in [2.05, 4.69) is 5.32 Å². The maximum absolute atomic E-state index is 12.8. The lowest BCUT2D eigenvalue weighted by molar-refractivity contribution is 0.0730. The Kier molecular flexibility index (Phi) is 5.45. The zero-order chi connectivity index (χ0) is 23.0. The number of anilines is 1. The summed E-state index contributed by atoms with van der Waals surface area (Å²) in [7, 11) is -3.64. The number of hydrogen-bond donors (Lipinski definition) is 1. The van der Waals surface area contributed by atoms with Crippen molar-refractivity contribution in [1.29, 1.82) is 0 Å².